The minimum Gasteiger partial charge on any atom is -0.0761 e. The zero-order valence-corrected chi connectivity index (χ0v) is 15.2. The molecule has 0 heterocycles. The van der Waals surface area contributed by atoms with Crippen molar-refractivity contribution >= 4 is 23.8 Å². The van der Waals surface area contributed by atoms with E-state index in [-0.39, 0.29) is 0 Å². The van der Waals surface area contributed by atoms with Crippen LogP contribution in [0.25, 0.3) is 23.8 Å². The fraction of sp³-hybridized carbons (Fsp3) is 0.259. The van der Waals surface area contributed by atoms with Gasteiger partial charge in [-0.15, -0.1) is 0 Å². The molecule has 4 unspecified atom stereocenters. The van der Waals surface area contributed by atoms with Crippen molar-refractivity contribution in [1.82, 2.24) is 0 Å². The molecule has 0 N–H and O–H groups in total. The van der Waals surface area contributed by atoms with E-state index in [1.165, 1.54) is 36.0 Å². The third-order valence-corrected chi connectivity index (χ3v) is 8.13. The van der Waals surface area contributed by atoms with Crippen LogP contribution in [-0.2, 0) is 0 Å². The minimum atomic E-state index is 0.521. The average molecular weight is 344 g/mol. The smallest absolute Gasteiger partial charge is 0.0208 e. The summed E-state index contributed by atoms with van der Waals surface area (Å²) in [6.45, 7) is 0. The lowest BCUT2D eigenvalue weighted by atomic mass is 9.55. The van der Waals surface area contributed by atoms with Gasteiger partial charge in [-0.1, -0.05) is 66.3 Å². The van der Waals surface area contributed by atoms with Crippen LogP contribution in [0, 0.1) is 11.8 Å². The van der Waals surface area contributed by atoms with Gasteiger partial charge in [0.05, 0.1) is 0 Å². The van der Waals surface area contributed by atoms with Crippen LogP contribution >= 0.6 is 0 Å². The van der Waals surface area contributed by atoms with Crippen molar-refractivity contribution < 1.29 is 0 Å². The molecular formula is C27H20. The maximum Gasteiger partial charge on any atom is 0.0208 e. The van der Waals surface area contributed by atoms with Crippen molar-refractivity contribution in [2.24, 2.45) is 11.8 Å². The molecule has 128 valence electrons. The average Bonchev–Trinajstić information content (AvgIpc) is 3.22. The maximum atomic E-state index is 2.54. The van der Waals surface area contributed by atoms with E-state index in [2.05, 4.69) is 60.7 Å². The summed E-state index contributed by atoms with van der Waals surface area (Å²) in [5.74, 6) is 2.20. The standard InChI is InChI=1S/C27H20/c1-2-18-19(3-1)21-13-11-17-9-7-15-5-4-14-6-8-16-10-12-20(18)26-24(16)22(14)23(15)25(17)27(21)26/h4-14,21-22,27H,1-3H2. The van der Waals surface area contributed by atoms with Gasteiger partial charge in [0.2, 0.25) is 0 Å². The highest BCUT2D eigenvalue weighted by Gasteiger charge is 2.48. The minimum absolute atomic E-state index is 0.521. The summed E-state index contributed by atoms with van der Waals surface area (Å²) in [6.07, 6.45) is 18.6. The van der Waals surface area contributed by atoms with Crippen LogP contribution < -0.4 is 0 Å². The molecule has 0 radical (unpaired) electrons. The molecule has 4 atom stereocenters. The highest BCUT2D eigenvalue weighted by molar-refractivity contribution is 5.87. The molecule has 0 heteroatoms. The van der Waals surface area contributed by atoms with Gasteiger partial charge in [-0.05, 0) is 69.3 Å². The Morgan fingerprint density at radius 1 is 0.630 bits per heavy atom. The lowest BCUT2D eigenvalue weighted by molar-refractivity contribution is 0.552. The fourth-order valence-corrected chi connectivity index (χ4v) is 7.23. The van der Waals surface area contributed by atoms with Crippen LogP contribution in [0.4, 0.5) is 0 Å². The summed E-state index contributed by atoms with van der Waals surface area (Å²) in [6, 6.07) is 9.61. The van der Waals surface area contributed by atoms with Crippen molar-refractivity contribution in [2.45, 2.75) is 31.1 Å². The summed E-state index contributed by atoms with van der Waals surface area (Å²) in [4.78, 5) is 0. The van der Waals surface area contributed by atoms with Gasteiger partial charge in [0.25, 0.3) is 0 Å². The summed E-state index contributed by atoms with van der Waals surface area (Å²) in [5.41, 5.74) is 16.1. The third-order valence-electron chi connectivity index (χ3n) is 8.13. The second-order valence-electron chi connectivity index (χ2n) is 9.09. The number of hydrogen-bond acceptors (Lipinski definition) is 0. The molecule has 0 saturated heterocycles. The Balaban J connectivity index is 1.61. The topological polar surface area (TPSA) is 0 Å². The molecular weight excluding hydrogens is 324 g/mol. The predicted molar refractivity (Wildman–Crippen MR) is 111 cm³/mol. The Morgan fingerprint density at radius 2 is 1.30 bits per heavy atom. The van der Waals surface area contributed by atoms with Crippen molar-refractivity contribution in [3.8, 4) is 0 Å². The van der Waals surface area contributed by atoms with E-state index < -0.39 is 0 Å². The maximum absolute atomic E-state index is 2.54. The summed E-state index contributed by atoms with van der Waals surface area (Å²) in [5, 5.41) is 0. The van der Waals surface area contributed by atoms with Crippen LogP contribution in [0.2, 0.25) is 0 Å². The first-order valence-electron chi connectivity index (χ1n) is 10.5. The number of hydrogen-bond donors (Lipinski definition) is 0. The molecule has 0 amide bonds. The Labute approximate surface area is 159 Å². The molecule has 8 rings (SSSR count). The second kappa shape index (κ2) is 4.28. The van der Waals surface area contributed by atoms with Crippen molar-refractivity contribution in [2.75, 3.05) is 0 Å². The van der Waals surface area contributed by atoms with E-state index in [1.807, 2.05) is 0 Å². The normalized spacial score (nSPS) is 31.4. The van der Waals surface area contributed by atoms with Crippen LogP contribution in [-0.4, -0.2) is 0 Å². The van der Waals surface area contributed by atoms with E-state index in [0.717, 1.165) is 0 Å². The summed E-state index contributed by atoms with van der Waals surface area (Å²) < 4.78 is 0. The zero-order chi connectivity index (χ0) is 17.3. The molecule has 6 aliphatic carbocycles. The quantitative estimate of drug-likeness (QED) is 0.510. The lowest BCUT2D eigenvalue weighted by Gasteiger charge is -2.48. The van der Waals surface area contributed by atoms with Gasteiger partial charge < -0.3 is 0 Å². The summed E-state index contributed by atoms with van der Waals surface area (Å²) >= 11 is 0. The third kappa shape index (κ3) is 1.37. The molecule has 0 fully saturated rings. The number of benzene rings is 2. The number of fused-ring (bicyclic) bond motifs is 2. The molecule has 0 bridgehead atoms. The van der Waals surface area contributed by atoms with Crippen LogP contribution in [0.3, 0.4) is 0 Å². The Kier molecular flexibility index (Phi) is 2.15. The molecule has 0 saturated carbocycles. The van der Waals surface area contributed by atoms with Gasteiger partial charge in [0, 0.05) is 23.7 Å². The van der Waals surface area contributed by atoms with Gasteiger partial charge >= 0.3 is 0 Å². The zero-order valence-electron chi connectivity index (χ0n) is 15.2. The van der Waals surface area contributed by atoms with Gasteiger partial charge in [-0.2, -0.15) is 0 Å². The molecule has 2 aromatic rings. The molecule has 6 aliphatic rings. The first kappa shape index (κ1) is 13.6. The predicted octanol–water partition coefficient (Wildman–Crippen LogP) is 6.53. The molecule has 0 nitrogen and oxygen atoms in total. The first-order chi connectivity index (χ1) is 13.4. The molecule has 27 heavy (non-hydrogen) atoms. The van der Waals surface area contributed by atoms with Gasteiger partial charge in [0.15, 0.2) is 0 Å². The van der Waals surface area contributed by atoms with Gasteiger partial charge in [-0.25, -0.2) is 0 Å². The van der Waals surface area contributed by atoms with Crippen LogP contribution in [0.1, 0.15) is 75.6 Å². The Hall–Kier alpha value is -2.60. The van der Waals surface area contributed by atoms with E-state index in [4.69, 9.17) is 0 Å². The van der Waals surface area contributed by atoms with E-state index in [1.54, 1.807) is 39.0 Å². The molecule has 0 aliphatic heterocycles. The van der Waals surface area contributed by atoms with Crippen LogP contribution in [0.15, 0.2) is 48.1 Å². The Morgan fingerprint density at radius 3 is 2.11 bits per heavy atom. The van der Waals surface area contributed by atoms with Gasteiger partial charge in [0.1, 0.15) is 0 Å². The highest BCUT2D eigenvalue weighted by atomic mass is 14.5. The van der Waals surface area contributed by atoms with Crippen molar-refractivity contribution in [1.29, 1.82) is 0 Å². The fourth-order valence-electron chi connectivity index (χ4n) is 7.23. The Bertz CT molecular complexity index is 1210. The molecule has 0 aromatic heterocycles. The largest absolute Gasteiger partial charge is 0.0761 e. The second-order valence-corrected chi connectivity index (χ2v) is 9.09. The van der Waals surface area contributed by atoms with Crippen molar-refractivity contribution in [3.63, 3.8) is 0 Å². The summed E-state index contributed by atoms with van der Waals surface area (Å²) in [7, 11) is 0. The van der Waals surface area contributed by atoms with E-state index >= 15 is 0 Å². The van der Waals surface area contributed by atoms with E-state index in [9.17, 15) is 0 Å². The SMILES string of the molecule is C1=CC2C=Cc3ccc4c5c3C2c2c1ccc1c2C5C(C=C1)C1=C4CCC1. The monoisotopic (exact) mass is 344 g/mol. The number of rotatable bonds is 0. The number of allylic oxidation sites excluding steroid dienone is 5. The molecule has 2 aromatic carbocycles. The van der Waals surface area contributed by atoms with Gasteiger partial charge in [-0.3, -0.25) is 0 Å². The lowest BCUT2D eigenvalue weighted by Crippen LogP contribution is -2.34. The van der Waals surface area contributed by atoms with Crippen molar-refractivity contribution in [3.05, 3.63) is 92.6 Å². The van der Waals surface area contributed by atoms with Crippen LogP contribution in [0.5, 0.6) is 0 Å². The van der Waals surface area contributed by atoms with E-state index in [0.29, 0.717) is 23.7 Å². The first-order valence-corrected chi connectivity index (χ1v) is 10.5. The highest BCUT2D eigenvalue weighted by Crippen LogP contribution is 2.63. The molecule has 0 spiro atoms.